The first-order chi connectivity index (χ1) is 9.11. The Labute approximate surface area is 129 Å². The molecule has 2 aromatic carbocycles. The summed E-state index contributed by atoms with van der Waals surface area (Å²) in [5.74, 6) is 0.597. The van der Waals surface area contributed by atoms with Crippen molar-refractivity contribution in [2.75, 3.05) is 6.61 Å². The molecule has 2 rings (SSSR count). The predicted octanol–water partition coefficient (Wildman–Crippen LogP) is 5.47. The molecule has 1 nitrogen and oxygen atoms in total. The number of benzene rings is 2. The number of alkyl halides is 1. The van der Waals surface area contributed by atoms with Gasteiger partial charge in [-0.1, -0.05) is 44.0 Å². The zero-order valence-electron chi connectivity index (χ0n) is 10.4. The number of hydrogen-bond acceptors (Lipinski definition) is 1. The van der Waals surface area contributed by atoms with Crippen LogP contribution < -0.4 is 4.74 Å². The van der Waals surface area contributed by atoms with Crippen LogP contribution in [0.25, 0.3) is 0 Å². The summed E-state index contributed by atoms with van der Waals surface area (Å²) in [4.78, 5) is -0.180. The molecule has 0 saturated carbocycles. The predicted molar refractivity (Wildman–Crippen MR) is 82.5 cm³/mol. The first kappa shape index (κ1) is 14.5. The van der Waals surface area contributed by atoms with E-state index in [-0.39, 0.29) is 10.6 Å². The van der Waals surface area contributed by atoms with Gasteiger partial charge in [0.25, 0.3) is 0 Å². The summed E-state index contributed by atoms with van der Waals surface area (Å²) >= 11 is 6.90. The number of ether oxygens (including phenoxy) is 1. The van der Waals surface area contributed by atoms with Crippen LogP contribution in [0.3, 0.4) is 0 Å². The summed E-state index contributed by atoms with van der Waals surface area (Å²) in [6.45, 7) is 2.58. The van der Waals surface area contributed by atoms with Crippen LogP contribution in [0.15, 0.2) is 46.9 Å². The minimum atomic E-state index is -0.223. The van der Waals surface area contributed by atoms with E-state index in [1.807, 2.05) is 31.2 Å². The zero-order valence-corrected chi connectivity index (χ0v) is 13.5. The summed E-state index contributed by atoms with van der Waals surface area (Å²) in [6.07, 6.45) is 0. The molecule has 0 aromatic heterocycles. The molecule has 0 aliphatic rings. The van der Waals surface area contributed by atoms with Gasteiger partial charge in [0.15, 0.2) is 0 Å². The lowest BCUT2D eigenvalue weighted by atomic mass is 10.0. The van der Waals surface area contributed by atoms with Gasteiger partial charge in [0, 0.05) is 10.0 Å². The number of halogens is 3. The molecule has 0 spiro atoms. The highest BCUT2D eigenvalue weighted by Gasteiger charge is 2.15. The van der Waals surface area contributed by atoms with Crippen molar-refractivity contribution in [3.8, 4) is 5.75 Å². The Hall–Kier alpha value is -0.870. The third-order valence-corrected chi connectivity index (χ3v) is 4.23. The van der Waals surface area contributed by atoms with Crippen molar-refractivity contribution in [3.05, 3.63) is 63.9 Å². The molecule has 1 atom stereocenters. The molecule has 0 aliphatic heterocycles. The number of rotatable bonds is 4. The molecule has 0 radical (unpaired) electrons. The summed E-state index contributed by atoms with van der Waals surface area (Å²) < 4.78 is 20.1. The van der Waals surface area contributed by atoms with Gasteiger partial charge in [-0.15, -0.1) is 0 Å². The maximum Gasteiger partial charge on any atom is 0.127 e. The highest BCUT2D eigenvalue weighted by atomic mass is 79.9. The average molecular weight is 388 g/mol. The fourth-order valence-corrected chi connectivity index (χ4v) is 2.82. The Balaban J connectivity index is 2.27. The van der Waals surface area contributed by atoms with E-state index in [2.05, 4.69) is 31.9 Å². The van der Waals surface area contributed by atoms with Crippen molar-refractivity contribution in [1.29, 1.82) is 0 Å². The monoisotopic (exact) mass is 386 g/mol. The molecule has 4 heteroatoms. The Kier molecular flexibility index (Phi) is 4.99. The Morgan fingerprint density at radius 1 is 1.16 bits per heavy atom. The quantitative estimate of drug-likeness (QED) is 0.632. The minimum Gasteiger partial charge on any atom is -0.494 e. The fraction of sp³-hybridized carbons (Fsp3) is 0.200. The van der Waals surface area contributed by atoms with E-state index < -0.39 is 0 Å². The Morgan fingerprint density at radius 2 is 1.84 bits per heavy atom. The van der Waals surface area contributed by atoms with Crippen LogP contribution in [0.5, 0.6) is 5.75 Å². The van der Waals surface area contributed by atoms with Crippen LogP contribution in [0.1, 0.15) is 22.9 Å². The van der Waals surface area contributed by atoms with E-state index in [0.717, 1.165) is 15.8 Å². The van der Waals surface area contributed by atoms with Crippen LogP contribution in [0.4, 0.5) is 4.39 Å². The van der Waals surface area contributed by atoms with Gasteiger partial charge in [-0.2, -0.15) is 0 Å². The molecule has 1 unspecified atom stereocenters. The highest BCUT2D eigenvalue weighted by Crippen LogP contribution is 2.34. The third kappa shape index (κ3) is 3.57. The molecule has 19 heavy (non-hydrogen) atoms. The third-order valence-electron chi connectivity index (χ3n) is 2.71. The maximum absolute atomic E-state index is 13.8. The van der Waals surface area contributed by atoms with Crippen molar-refractivity contribution in [3.63, 3.8) is 0 Å². The van der Waals surface area contributed by atoms with Crippen LogP contribution in [-0.2, 0) is 0 Å². The number of hydrogen-bond donors (Lipinski definition) is 0. The molecule has 100 valence electrons. The van der Waals surface area contributed by atoms with Crippen molar-refractivity contribution in [2.24, 2.45) is 0 Å². The minimum absolute atomic E-state index is 0.180. The lowest BCUT2D eigenvalue weighted by Crippen LogP contribution is -1.97. The van der Waals surface area contributed by atoms with E-state index in [0.29, 0.717) is 12.2 Å². The van der Waals surface area contributed by atoms with Crippen LogP contribution >= 0.6 is 31.9 Å². The second-order valence-electron chi connectivity index (χ2n) is 4.03. The molecule has 0 N–H and O–H groups in total. The smallest absolute Gasteiger partial charge is 0.127 e. The lowest BCUT2D eigenvalue weighted by Gasteiger charge is -2.13. The van der Waals surface area contributed by atoms with E-state index in [4.69, 9.17) is 4.74 Å². The van der Waals surface area contributed by atoms with Crippen molar-refractivity contribution in [1.82, 2.24) is 0 Å². The summed E-state index contributed by atoms with van der Waals surface area (Å²) in [6, 6.07) is 12.6. The first-order valence-corrected chi connectivity index (χ1v) is 7.64. The standard InChI is InChI=1S/C15H13Br2FO/c1-2-19-12-6-3-10(4-7-12)15(17)13-9-11(16)5-8-14(13)18/h3-9,15H,2H2,1H3. The molecule has 0 heterocycles. The molecule has 0 saturated heterocycles. The van der Waals surface area contributed by atoms with Gasteiger partial charge < -0.3 is 4.74 Å². The Bertz CT molecular complexity index is 555. The van der Waals surface area contributed by atoms with Crippen LogP contribution in [-0.4, -0.2) is 6.61 Å². The van der Waals surface area contributed by atoms with Crippen LogP contribution in [0, 0.1) is 5.82 Å². The van der Waals surface area contributed by atoms with Gasteiger partial charge in [-0.05, 0) is 42.8 Å². The van der Waals surface area contributed by atoms with Gasteiger partial charge in [0.1, 0.15) is 11.6 Å². The second kappa shape index (κ2) is 6.53. The average Bonchev–Trinajstić information content (AvgIpc) is 2.42. The summed E-state index contributed by atoms with van der Waals surface area (Å²) in [5.41, 5.74) is 1.60. The van der Waals surface area contributed by atoms with Gasteiger partial charge in [0.05, 0.1) is 11.4 Å². The lowest BCUT2D eigenvalue weighted by molar-refractivity contribution is 0.340. The van der Waals surface area contributed by atoms with Crippen molar-refractivity contribution < 1.29 is 9.13 Å². The molecule has 0 bridgehead atoms. The normalized spacial score (nSPS) is 12.2. The fourth-order valence-electron chi connectivity index (χ4n) is 1.79. The zero-order chi connectivity index (χ0) is 13.8. The van der Waals surface area contributed by atoms with E-state index in [1.165, 1.54) is 6.07 Å². The summed E-state index contributed by atoms with van der Waals surface area (Å²) in [5, 5.41) is 0. The SMILES string of the molecule is CCOc1ccc(C(Br)c2cc(Br)ccc2F)cc1. The molecular weight excluding hydrogens is 375 g/mol. The van der Waals surface area contributed by atoms with Gasteiger partial charge in [-0.3, -0.25) is 0 Å². The Morgan fingerprint density at radius 3 is 2.47 bits per heavy atom. The summed E-state index contributed by atoms with van der Waals surface area (Å²) in [7, 11) is 0. The van der Waals surface area contributed by atoms with Crippen molar-refractivity contribution in [2.45, 2.75) is 11.8 Å². The molecule has 0 aliphatic carbocycles. The molecular formula is C15H13Br2FO. The molecule has 0 amide bonds. The van der Waals surface area contributed by atoms with Gasteiger partial charge in [0.2, 0.25) is 0 Å². The van der Waals surface area contributed by atoms with E-state index >= 15 is 0 Å². The topological polar surface area (TPSA) is 9.23 Å². The van der Waals surface area contributed by atoms with E-state index in [1.54, 1.807) is 12.1 Å². The molecule has 2 aromatic rings. The van der Waals surface area contributed by atoms with Gasteiger partial charge in [-0.25, -0.2) is 4.39 Å². The second-order valence-corrected chi connectivity index (χ2v) is 5.86. The maximum atomic E-state index is 13.8. The molecule has 0 fully saturated rings. The largest absolute Gasteiger partial charge is 0.494 e. The highest BCUT2D eigenvalue weighted by molar-refractivity contribution is 9.10. The van der Waals surface area contributed by atoms with Gasteiger partial charge >= 0.3 is 0 Å². The van der Waals surface area contributed by atoms with E-state index in [9.17, 15) is 4.39 Å². The van der Waals surface area contributed by atoms with Crippen LogP contribution in [0.2, 0.25) is 0 Å². The first-order valence-electron chi connectivity index (χ1n) is 5.93. The van der Waals surface area contributed by atoms with Crippen molar-refractivity contribution >= 4 is 31.9 Å².